The fraction of sp³-hybridized carbons (Fsp3) is 0.333. The Kier molecular flexibility index (Phi) is 6.01. The van der Waals surface area contributed by atoms with Crippen LogP contribution in [0.4, 0.5) is 0 Å². The van der Waals surface area contributed by atoms with E-state index in [-0.39, 0.29) is 0 Å². The minimum Gasteiger partial charge on any atom is -0.0975 e. The van der Waals surface area contributed by atoms with Crippen molar-refractivity contribution < 1.29 is 0 Å². The topological polar surface area (TPSA) is 0 Å². The van der Waals surface area contributed by atoms with E-state index in [2.05, 4.69) is 69.9 Å². The molecule has 94 valence electrons. The lowest BCUT2D eigenvalue weighted by molar-refractivity contribution is 1.06. The minimum absolute atomic E-state index is 0.925. The molecule has 0 bridgehead atoms. The third-order valence-electron chi connectivity index (χ3n) is 2.45. The van der Waals surface area contributed by atoms with Gasteiger partial charge in [0.1, 0.15) is 0 Å². The molecular formula is C18H22. The van der Waals surface area contributed by atoms with Crippen LogP contribution < -0.4 is 0 Å². The van der Waals surface area contributed by atoms with Gasteiger partial charge in [-0.1, -0.05) is 53.3 Å². The number of rotatable bonds is 3. The molecule has 0 aliphatic rings. The molecule has 0 heterocycles. The van der Waals surface area contributed by atoms with E-state index in [0.29, 0.717) is 0 Å². The first-order valence-corrected chi connectivity index (χ1v) is 6.46. The van der Waals surface area contributed by atoms with Gasteiger partial charge in [-0.05, 0) is 45.7 Å². The van der Waals surface area contributed by atoms with Crippen LogP contribution in [0.3, 0.4) is 0 Å². The van der Waals surface area contributed by atoms with Crippen molar-refractivity contribution in [3.8, 4) is 11.8 Å². The van der Waals surface area contributed by atoms with E-state index in [1.165, 1.54) is 16.7 Å². The highest BCUT2D eigenvalue weighted by atomic mass is 14.0. The summed E-state index contributed by atoms with van der Waals surface area (Å²) in [5, 5.41) is 0. The van der Waals surface area contributed by atoms with Crippen molar-refractivity contribution >= 4 is 6.08 Å². The molecule has 1 aromatic rings. The number of hydrogen-bond donors (Lipinski definition) is 0. The maximum atomic E-state index is 3.27. The maximum absolute atomic E-state index is 3.27. The Morgan fingerprint density at radius 1 is 1.06 bits per heavy atom. The Labute approximate surface area is 111 Å². The van der Waals surface area contributed by atoms with Gasteiger partial charge in [-0.2, -0.15) is 0 Å². The van der Waals surface area contributed by atoms with E-state index < -0.39 is 0 Å². The molecule has 0 N–H and O–H groups in total. The SMILES string of the molecule is CC(C)=CCCC#Cc1ccccc1C=C(C)C. The van der Waals surface area contributed by atoms with Crippen molar-refractivity contribution in [1.82, 2.24) is 0 Å². The van der Waals surface area contributed by atoms with Gasteiger partial charge in [-0.25, -0.2) is 0 Å². The van der Waals surface area contributed by atoms with Crippen LogP contribution in [0.1, 0.15) is 51.7 Å². The molecule has 0 nitrogen and oxygen atoms in total. The van der Waals surface area contributed by atoms with Crippen molar-refractivity contribution in [3.05, 3.63) is 52.6 Å². The zero-order chi connectivity index (χ0) is 13.4. The van der Waals surface area contributed by atoms with Crippen LogP contribution in [-0.2, 0) is 0 Å². The van der Waals surface area contributed by atoms with Crippen molar-refractivity contribution in [1.29, 1.82) is 0 Å². The predicted molar refractivity (Wildman–Crippen MR) is 81.3 cm³/mol. The Balaban J connectivity index is 2.76. The highest BCUT2D eigenvalue weighted by Gasteiger charge is 1.94. The van der Waals surface area contributed by atoms with Gasteiger partial charge in [-0.15, -0.1) is 0 Å². The second-order valence-electron chi connectivity index (χ2n) is 4.93. The fourth-order valence-electron chi connectivity index (χ4n) is 1.64. The zero-order valence-corrected chi connectivity index (χ0v) is 11.9. The molecule has 0 spiro atoms. The second kappa shape index (κ2) is 7.56. The van der Waals surface area contributed by atoms with Gasteiger partial charge in [0.25, 0.3) is 0 Å². The van der Waals surface area contributed by atoms with E-state index in [4.69, 9.17) is 0 Å². The molecule has 0 fully saturated rings. The number of benzene rings is 1. The Morgan fingerprint density at radius 2 is 1.78 bits per heavy atom. The summed E-state index contributed by atoms with van der Waals surface area (Å²) < 4.78 is 0. The van der Waals surface area contributed by atoms with Crippen LogP contribution in [0.25, 0.3) is 6.08 Å². The van der Waals surface area contributed by atoms with Crippen LogP contribution in [-0.4, -0.2) is 0 Å². The lowest BCUT2D eigenvalue weighted by Gasteiger charge is -1.99. The molecule has 1 rings (SSSR count). The van der Waals surface area contributed by atoms with Gasteiger partial charge in [0.05, 0.1) is 0 Å². The summed E-state index contributed by atoms with van der Waals surface area (Å²) in [5.41, 5.74) is 5.00. The Hall–Kier alpha value is -1.74. The van der Waals surface area contributed by atoms with Crippen molar-refractivity contribution in [2.75, 3.05) is 0 Å². The third-order valence-corrected chi connectivity index (χ3v) is 2.45. The van der Waals surface area contributed by atoms with Crippen molar-refractivity contribution in [3.63, 3.8) is 0 Å². The van der Waals surface area contributed by atoms with Gasteiger partial charge in [-0.3, -0.25) is 0 Å². The van der Waals surface area contributed by atoms with Crippen LogP contribution in [0.5, 0.6) is 0 Å². The number of allylic oxidation sites excluding steroid dienone is 3. The predicted octanol–water partition coefficient (Wildman–Crippen LogP) is 5.21. The first kappa shape index (κ1) is 14.3. The molecule has 1 aromatic carbocycles. The van der Waals surface area contributed by atoms with Gasteiger partial charge >= 0.3 is 0 Å². The van der Waals surface area contributed by atoms with Crippen LogP contribution >= 0.6 is 0 Å². The molecule has 18 heavy (non-hydrogen) atoms. The van der Waals surface area contributed by atoms with E-state index in [9.17, 15) is 0 Å². The number of unbranched alkanes of at least 4 members (excludes halogenated alkanes) is 1. The van der Waals surface area contributed by atoms with E-state index in [0.717, 1.165) is 18.4 Å². The molecule has 0 atom stereocenters. The highest BCUT2D eigenvalue weighted by Crippen LogP contribution is 2.11. The van der Waals surface area contributed by atoms with E-state index in [1.54, 1.807) is 0 Å². The van der Waals surface area contributed by atoms with Gasteiger partial charge in [0.15, 0.2) is 0 Å². The van der Waals surface area contributed by atoms with Crippen molar-refractivity contribution in [2.45, 2.75) is 40.5 Å². The monoisotopic (exact) mass is 238 g/mol. The molecule has 0 saturated heterocycles. The highest BCUT2D eigenvalue weighted by molar-refractivity contribution is 5.60. The molecule has 0 saturated carbocycles. The number of hydrogen-bond acceptors (Lipinski definition) is 0. The molecule has 0 aliphatic carbocycles. The zero-order valence-electron chi connectivity index (χ0n) is 11.9. The summed E-state index contributed by atoms with van der Waals surface area (Å²) >= 11 is 0. The van der Waals surface area contributed by atoms with Crippen LogP contribution in [0.15, 0.2) is 41.5 Å². The minimum atomic E-state index is 0.925. The third kappa shape index (κ3) is 5.55. The van der Waals surface area contributed by atoms with Crippen LogP contribution in [0.2, 0.25) is 0 Å². The summed E-state index contributed by atoms with van der Waals surface area (Å²) in [5.74, 6) is 6.52. The first-order valence-electron chi connectivity index (χ1n) is 6.46. The molecule has 0 unspecified atom stereocenters. The molecule has 0 aliphatic heterocycles. The van der Waals surface area contributed by atoms with E-state index in [1.807, 2.05) is 6.07 Å². The summed E-state index contributed by atoms with van der Waals surface area (Å²) in [7, 11) is 0. The first-order chi connectivity index (χ1) is 8.59. The van der Waals surface area contributed by atoms with Crippen LogP contribution in [0, 0.1) is 11.8 Å². The smallest absolute Gasteiger partial charge is 0.0317 e. The average molecular weight is 238 g/mol. The maximum Gasteiger partial charge on any atom is 0.0317 e. The molecular weight excluding hydrogens is 216 g/mol. The largest absolute Gasteiger partial charge is 0.0975 e. The summed E-state index contributed by atoms with van der Waals surface area (Å²) in [6.07, 6.45) is 6.38. The fourth-order valence-corrected chi connectivity index (χ4v) is 1.64. The Morgan fingerprint density at radius 3 is 2.44 bits per heavy atom. The summed E-state index contributed by atoms with van der Waals surface area (Å²) in [6, 6.07) is 8.31. The second-order valence-corrected chi connectivity index (χ2v) is 4.93. The standard InChI is InChI=1S/C18H22/c1-15(2)10-6-5-7-11-17-12-8-9-13-18(17)14-16(3)4/h8-10,12-14H,5-6H2,1-4H3. The van der Waals surface area contributed by atoms with Crippen molar-refractivity contribution in [2.24, 2.45) is 0 Å². The lowest BCUT2D eigenvalue weighted by atomic mass is 10.1. The molecule has 0 amide bonds. The van der Waals surface area contributed by atoms with Gasteiger partial charge < -0.3 is 0 Å². The molecule has 0 aromatic heterocycles. The quantitative estimate of drug-likeness (QED) is 0.385. The molecule has 0 radical (unpaired) electrons. The lowest BCUT2D eigenvalue weighted by Crippen LogP contribution is -1.82. The normalized spacial score (nSPS) is 9.11. The Bertz CT molecular complexity index is 496. The van der Waals surface area contributed by atoms with Gasteiger partial charge in [0.2, 0.25) is 0 Å². The average Bonchev–Trinajstić information content (AvgIpc) is 2.29. The summed E-state index contributed by atoms with van der Waals surface area (Å²) in [6.45, 7) is 8.47. The van der Waals surface area contributed by atoms with Gasteiger partial charge in [0, 0.05) is 12.0 Å². The summed E-state index contributed by atoms with van der Waals surface area (Å²) in [4.78, 5) is 0. The molecule has 0 heteroatoms. The van der Waals surface area contributed by atoms with E-state index >= 15 is 0 Å².